The van der Waals surface area contributed by atoms with Gasteiger partial charge in [-0.2, -0.15) is 0 Å². The van der Waals surface area contributed by atoms with Gasteiger partial charge >= 0.3 is 5.69 Å². The maximum absolute atomic E-state index is 13.8. The van der Waals surface area contributed by atoms with Crippen molar-refractivity contribution in [1.29, 1.82) is 0 Å². The monoisotopic (exact) mass is 452 g/mol. The van der Waals surface area contributed by atoms with Crippen molar-refractivity contribution in [2.75, 3.05) is 26.2 Å². The maximum Gasteiger partial charge on any atom is 0.329 e. The van der Waals surface area contributed by atoms with Crippen LogP contribution in [-0.2, 0) is 17.9 Å². The predicted octanol–water partition coefficient (Wildman–Crippen LogP) is 3.04. The van der Waals surface area contributed by atoms with E-state index in [0.29, 0.717) is 50.4 Å². The first-order valence-corrected chi connectivity index (χ1v) is 11.4. The number of piperazine rings is 1. The topological polar surface area (TPSA) is 67.6 Å². The van der Waals surface area contributed by atoms with Gasteiger partial charge in [0.05, 0.1) is 11.0 Å². The fourth-order valence-electron chi connectivity index (χ4n) is 4.36. The first kappa shape index (κ1) is 22.8. The lowest BCUT2D eigenvalue weighted by Crippen LogP contribution is -2.50. The number of rotatable bonds is 6. The Morgan fingerprint density at radius 2 is 1.52 bits per heavy atom. The summed E-state index contributed by atoms with van der Waals surface area (Å²) in [6, 6.07) is 12.1. The van der Waals surface area contributed by atoms with E-state index in [1.165, 1.54) is 6.07 Å². The van der Waals surface area contributed by atoms with Gasteiger partial charge in [0.2, 0.25) is 5.91 Å². The molecule has 1 aliphatic heterocycles. The molecule has 0 saturated carbocycles. The molecule has 0 aliphatic carbocycles. The molecule has 1 aliphatic rings. The van der Waals surface area contributed by atoms with E-state index in [0.717, 1.165) is 17.5 Å². The number of aryl methyl sites for hydroxylation is 3. The molecule has 1 fully saturated rings. The van der Waals surface area contributed by atoms with Crippen LogP contribution in [0.4, 0.5) is 4.39 Å². The van der Waals surface area contributed by atoms with Gasteiger partial charge in [-0.1, -0.05) is 25.1 Å². The minimum absolute atomic E-state index is 0.0392. The number of nitrogens with zero attached hydrogens (tertiary/aromatic N) is 4. The lowest BCUT2D eigenvalue weighted by Gasteiger charge is -2.35. The number of hydrogen-bond acceptors (Lipinski definition) is 3. The van der Waals surface area contributed by atoms with Crippen LogP contribution in [0.5, 0.6) is 0 Å². The smallest absolute Gasteiger partial charge is 0.329 e. The number of para-hydroxylation sites is 2. The van der Waals surface area contributed by atoms with Crippen molar-refractivity contribution in [3.8, 4) is 0 Å². The molecule has 174 valence electrons. The van der Waals surface area contributed by atoms with E-state index in [1.54, 1.807) is 38.0 Å². The van der Waals surface area contributed by atoms with E-state index < -0.39 is 5.82 Å². The third-order valence-corrected chi connectivity index (χ3v) is 6.26. The van der Waals surface area contributed by atoms with Crippen LogP contribution in [0.3, 0.4) is 0 Å². The number of hydrogen-bond donors (Lipinski definition) is 0. The Morgan fingerprint density at radius 1 is 0.909 bits per heavy atom. The zero-order chi connectivity index (χ0) is 23.5. The van der Waals surface area contributed by atoms with Gasteiger partial charge in [-0.3, -0.25) is 18.7 Å². The van der Waals surface area contributed by atoms with Crippen molar-refractivity contribution in [3.05, 3.63) is 69.9 Å². The molecule has 0 bridgehead atoms. The van der Waals surface area contributed by atoms with Crippen LogP contribution in [0, 0.1) is 12.7 Å². The average molecular weight is 453 g/mol. The fraction of sp³-hybridized carbons (Fsp3) is 0.400. The number of aromatic nitrogens is 2. The number of imidazole rings is 1. The standard InChI is InChI=1S/C25H29FN4O3/c1-3-11-29-21-6-4-5-7-22(21)30(25(29)33)12-10-23(31)27-13-15-28(16-14-27)24(32)19-9-8-18(2)20(26)17-19/h4-9,17H,3,10-16H2,1-2H3. The SMILES string of the molecule is CCCn1c(=O)n(CCC(=O)N2CCN(C(=O)c3ccc(C)c(F)c3)CC2)c2ccccc21. The van der Waals surface area contributed by atoms with Gasteiger partial charge in [0.1, 0.15) is 5.82 Å². The summed E-state index contributed by atoms with van der Waals surface area (Å²) in [7, 11) is 0. The molecule has 1 aromatic heterocycles. The number of benzene rings is 2. The molecule has 3 aromatic rings. The molecule has 4 rings (SSSR count). The summed E-state index contributed by atoms with van der Waals surface area (Å²) in [5, 5.41) is 0. The van der Waals surface area contributed by atoms with Gasteiger partial charge < -0.3 is 9.80 Å². The summed E-state index contributed by atoms with van der Waals surface area (Å²) in [4.78, 5) is 41.8. The van der Waals surface area contributed by atoms with Gasteiger partial charge in [-0.05, 0) is 43.2 Å². The number of fused-ring (bicyclic) bond motifs is 1. The minimum atomic E-state index is -0.398. The molecule has 0 atom stereocenters. The Morgan fingerprint density at radius 3 is 2.12 bits per heavy atom. The van der Waals surface area contributed by atoms with Gasteiger partial charge in [0.25, 0.3) is 5.91 Å². The molecule has 0 spiro atoms. The van der Waals surface area contributed by atoms with Crippen LogP contribution in [-0.4, -0.2) is 56.9 Å². The van der Waals surface area contributed by atoms with Crippen LogP contribution in [0.2, 0.25) is 0 Å². The van der Waals surface area contributed by atoms with E-state index in [9.17, 15) is 18.8 Å². The molecule has 7 nitrogen and oxygen atoms in total. The summed E-state index contributed by atoms with van der Waals surface area (Å²) in [6.07, 6.45) is 1.07. The summed E-state index contributed by atoms with van der Waals surface area (Å²) in [5.74, 6) is -0.663. The van der Waals surface area contributed by atoms with Gasteiger partial charge in [0.15, 0.2) is 0 Å². The number of amides is 2. The Labute approximate surface area is 192 Å². The zero-order valence-electron chi connectivity index (χ0n) is 19.1. The van der Waals surface area contributed by atoms with Crippen LogP contribution in [0.25, 0.3) is 11.0 Å². The van der Waals surface area contributed by atoms with Crippen LogP contribution < -0.4 is 5.69 Å². The molecule has 0 radical (unpaired) electrons. The molecular formula is C25H29FN4O3. The van der Waals surface area contributed by atoms with E-state index >= 15 is 0 Å². The zero-order valence-corrected chi connectivity index (χ0v) is 19.1. The highest BCUT2D eigenvalue weighted by molar-refractivity contribution is 5.94. The van der Waals surface area contributed by atoms with E-state index in [-0.39, 0.29) is 23.9 Å². The summed E-state index contributed by atoms with van der Waals surface area (Å²) in [5.41, 5.74) is 2.45. The second kappa shape index (κ2) is 9.60. The summed E-state index contributed by atoms with van der Waals surface area (Å²) >= 11 is 0. The van der Waals surface area contributed by atoms with Gasteiger partial charge in [0, 0.05) is 51.3 Å². The highest BCUT2D eigenvalue weighted by Crippen LogP contribution is 2.16. The Kier molecular flexibility index (Phi) is 6.62. The minimum Gasteiger partial charge on any atom is -0.339 e. The van der Waals surface area contributed by atoms with Crippen LogP contribution in [0.15, 0.2) is 47.3 Å². The number of carbonyl (C=O) groups excluding carboxylic acids is 2. The molecule has 8 heteroatoms. The van der Waals surface area contributed by atoms with Gasteiger partial charge in [-0.15, -0.1) is 0 Å². The molecule has 33 heavy (non-hydrogen) atoms. The maximum atomic E-state index is 13.8. The molecule has 1 saturated heterocycles. The average Bonchev–Trinajstić information content (AvgIpc) is 3.10. The van der Waals surface area contributed by atoms with Crippen molar-refractivity contribution in [3.63, 3.8) is 0 Å². The van der Waals surface area contributed by atoms with E-state index in [2.05, 4.69) is 0 Å². The lowest BCUT2D eigenvalue weighted by molar-refractivity contribution is -0.132. The number of carbonyl (C=O) groups is 2. The molecule has 2 aromatic carbocycles. The Hall–Kier alpha value is -3.42. The van der Waals surface area contributed by atoms with Crippen LogP contribution in [0.1, 0.15) is 35.7 Å². The Balaban J connectivity index is 1.37. The predicted molar refractivity (Wildman–Crippen MR) is 125 cm³/mol. The molecule has 2 heterocycles. The first-order valence-electron chi connectivity index (χ1n) is 11.4. The van der Waals surface area contributed by atoms with Crippen molar-refractivity contribution >= 4 is 22.8 Å². The fourth-order valence-corrected chi connectivity index (χ4v) is 4.36. The Bertz CT molecular complexity index is 1240. The summed E-state index contributed by atoms with van der Waals surface area (Å²) < 4.78 is 17.3. The molecule has 2 amide bonds. The molecule has 0 N–H and O–H groups in total. The van der Waals surface area contributed by atoms with Crippen molar-refractivity contribution < 1.29 is 14.0 Å². The summed E-state index contributed by atoms with van der Waals surface area (Å²) in [6.45, 7) is 6.28. The highest BCUT2D eigenvalue weighted by Gasteiger charge is 2.25. The molecular weight excluding hydrogens is 423 g/mol. The third-order valence-electron chi connectivity index (χ3n) is 6.26. The third kappa shape index (κ3) is 4.55. The van der Waals surface area contributed by atoms with Crippen molar-refractivity contribution in [2.45, 2.75) is 39.8 Å². The largest absolute Gasteiger partial charge is 0.339 e. The van der Waals surface area contributed by atoms with Gasteiger partial charge in [-0.25, -0.2) is 9.18 Å². The number of halogens is 1. The normalized spacial score (nSPS) is 14.2. The molecule has 0 unspecified atom stereocenters. The highest BCUT2D eigenvalue weighted by atomic mass is 19.1. The lowest BCUT2D eigenvalue weighted by atomic mass is 10.1. The van der Waals surface area contributed by atoms with E-state index in [1.807, 2.05) is 31.2 Å². The van der Waals surface area contributed by atoms with Crippen molar-refractivity contribution in [2.24, 2.45) is 0 Å². The second-order valence-electron chi connectivity index (χ2n) is 8.46. The van der Waals surface area contributed by atoms with Crippen LogP contribution >= 0.6 is 0 Å². The van der Waals surface area contributed by atoms with E-state index in [4.69, 9.17) is 0 Å². The quantitative estimate of drug-likeness (QED) is 0.577. The van der Waals surface area contributed by atoms with Crippen molar-refractivity contribution in [1.82, 2.24) is 18.9 Å². The second-order valence-corrected chi connectivity index (χ2v) is 8.46. The first-order chi connectivity index (χ1) is 15.9.